The molecule has 2 aliphatic carbocycles. The van der Waals surface area contributed by atoms with Crippen molar-refractivity contribution in [3.63, 3.8) is 0 Å². The number of ether oxygens (including phenoxy) is 2. The molecule has 2 heterocycles. The van der Waals surface area contributed by atoms with Crippen LogP contribution in [-0.4, -0.2) is 50.2 Å². The molecule has 0 radical (unpaired) electrons. The number of nitro groups is 1. The summed E-state index contributed by atoms with van der Waals surface area (Å²) in [5.74, 6) is 1.43. The summed E-state index contributed by atoms with van der Waals surface area (Å²) in [4.78, 5) is 26.8. The summed E-state index contributed by atoms with van der Waals surface area (Å²) in [6, 6.07) is 0. The molecule has 2 aliphatic rings. The Hall–Kier alpha value is -2.56. The summed E-state index contributed by atoms with van der Waals surface area (Å²) >= 11 is 0. The smallest absolute Gasteiger partial charge is 0.233 e. The number of hydrogen-bond acceptors (Lipinski definition) is 9. The molecule has 0 aromatic carbocycles. The standard InChI is InChI=1S/C12H17N3O3.C12H19N3O/c1-9-13-6-10(7-14-9)12(8-15(16)17)18-11-4-2-3-5-11;1-9-14-7-10(8-15-9)12(6-13)16-11-4-2-3-5-11/h6-7,11-12H,2-5,8H2,1H3;7-8,11-12H,2-6,13H2,1H3. The molecule has 2 fully saturated rings. The highest BCUT2D eigenvalue weighted by Crippen LogP contribution is 2.28. The maximum absolute atomic E-state index is 10.7. The van der Waals surface area contributed by atoms with E-state index in [1.165, 1.54) is 12.8 Å². The fourth-order valence-electron chi connectivity index (χ4n) is 4.28. The molecular formula is C24H36N6O4. The molecule has 2 atom stereocenters. The van der Waals surface area contributed by atoms with Gasteiger partial charge in [-0.1, -0.05) is 25.7 Å². The van der Waals surface area contributed by atoms with Gasteiger partial charge in [0.15, 0.2) is 6.10 Å². The average Bonchev–Trinajstić information content (AvgIpc) is 3.53. The molecular weight excluding hydrogens is 436 g/mol. The summed E-state index contributed by atoms with van der Waals surface area (Å²) in [7, 11) is 0. The van der Waals surface area contributed by atoms with Crippen LogP contribution in [-0.2, 0) is 9.47 Å². The largest absolute Gasteiger partial charge is 0.369 e. The Bertz CT molecular complexity index is 868. The molecule has 10 heteroatoms. The van der Waals surface area contributed by atoms with Crippen LogP contribution in [0.15, 0.2) is 24.8 Å². The van der Waals surface area contributed by atoms with E-state index < -0.39 is 6.10 Å². The molecule has 2 N–H and O–H groups in total. The van der Waals surface area contributed by atoms with Gasteiger partial charge in [-0.05, 0) is 39.5 Å². The molecule has 0 bridgehead atoms. The number of hydrogen-bond donors (Lipinski definition) is 1. The van der Waals surface area contributed by atoms with Crippen molar-refractivity contribution in [3.8, 4) is 0 Å². The summed E-state index contributed by atoms with van der Waals surface area (Å²) in [5, 5.41) is 10.7. The molecule has 2 aromatic rings. The highest BCUT2D eigenvalue weighted by atomic mass is 16.6. The van der Waals surface area contributed by atoms with Crippen molar-refractivity contribution >= 4 is 0 Å². The van der Waals surface area contributed by atoms with Crippen LogP contribution in [0.5, 0.6) is 0 Å². The third-order valence-corrected chi connectivity index (χ3v) is 6.19. The van der Waals surface area contributed by atoms with E-state index in [-0.39, 0.29) is 23.7 Å². The molecule has 0 aliphatic heterocycles. The highest BCUT2D eigenvalue weighted by Gasteiger charge is 2.26. The van der Waals surface area contributed by atoms with E-state index in [4.69, 9.17) is 15.2 Å². The van der Waals surface area contributed by atoms with E-state index in [0.717, 1.165) is 49.9 Å². The van der Waals surface area contributed by atoms with Gasteiger partial charge in [-0.3, -0.25) is 10.1 Å². The predicted octanol–water partition coefficient (Wildman–Crippen LogP) is 3.81. The summed E-state index contributed by atoms with van der Waals surface area (Å²) in [5.41, 5.74) is 7.41. The molecule has 0 saturated heterocycles. The Balaban J connectivity index is 0.000000192. The number of nitrogens with zero attached hydrogens (tertiary/aromatic N) is 5. The van der Waals surface area contributed by atoms with Crippen molar-refractivity contribution in [1.82, 2.24) is 19.9 Å². The van der Waals surface area contributed by atoms with Crippen LogP contribution >= 0.6 is 0 Å². The van der Waals surface area contributed by atoms with E-state index in [2.05, 4.69) is 19.9 Å². The molecule has 186 valence electrons. The minimum Gasteiger partial charge on any atom is -0.369 e. The van der Waals surface area contributed by atoms with Crippen LogP contribution in [0.1, 0.15) is 86.4 Å². The lowest BCUT2D eigenvalue weighted by Crippen LogP contribution is -2.21. The Morgan fingerprint density at radius 2 is 1.24 bits per heavy atom. The zero-order chi connectivity index (χ0) is 24.3. The quantitative estimate of drug-likeness (QED) is 0.426. The fourth-order valence-corrected chi connectivity index (χ4v) is 4.28. The normalized spacial score (nSPS) is 18.3. The lowest BCUT2D eigenvalue weighted by Gasteiger charge is -2.20. The Kier molecular flexibility index (Phi) is 10.2. The monoisotopic (exact) mass is 472 g/mol. The van der Waals surface area contributed by atoms with Gasteiger partial charge in [-0.25, -0.2) is 19.9 Å². The Morgan fingerprint density at radius 3 is 1.62 bits per heavy atom. The molecule has 10 nitrogen and oxygen atoms in total. The van der Waals surface area contributed by atoms with Gasteiger partial charge in [-0.2, -0.15) is 0 Å². The van der Waals surface area contributed by atoms with Crippen LogP contribution in [0.2, 0.25) is 0 Å². The summed E-state index contributed by atoms with van der Waals surface area (Å²) in [6.45, 7) is 3.91. The third-order valence-electron chi connectivity index (χ3n) is 6.19. The average molecular weight is 473 g/mol. The van der Waals surface area contributed by atoms with Crippen molar-refractivity contribution in [2.24, 2.45) is 5.73 Å². The van der Waals surface area contributed by atoms with Gasteiger partial charge in [0, 0.05) is 47.4 Å². The lowest BCUT2D eigenvalue weighted by molar-refractivity contribution is -0.493. The van der Waals surface area contributed by atoms with Gasteiger partial charge in [0.2, 0.25) is 6.54 Å². The zero-order valence-corrected chi connectivity index (χ0v) is 20.1. The van der Waals surface area contributed by atoms with Crippen molar-refractivity contribution in [1.29, 1.82) is 0 Å². The minimum absolute atomic E-state index is 0.0521. The van der Waals surface area contributed by atoms with E-state index in [1.54, 1.807) is 19.3 Å². The van der Waals surface area contributed by atoms with Crippen LogP contribution in [0.4, 0.5) is 0 Å². The molecule has 2 saturated carbocycles. The highest BCUT2D eigenvalue weighted by molar-refractivity contribution is 5.10. The molecule has 2 unspecified atom stereocenters. The van der Waals surface area contributed by atoms with Crippen LogP contribution in [0.3, 0.4) is 0 Å². The van der Waals surface area contributed by atoms with Crippen LogP contribution < -0.4 is 5.73 Å². The van der Waals surface area contributed by atoms with Crippen LogP contribution in [0.25, 0.3) is 0 Å². The van der Waals surface area contributed by atoms with Gasteiger partial charge in [0.1, 0.15) is 11.6 Å². The van der Waals surface area contributed by atoms with Gasteiger partial charge in [-0.15, -0.1) is 0 Å². The van der Waals surface area contributed by atoms with E-state index in [9.17, 15) is 10.1 Å². The summed E-state index contributed by atoms with van der Waals surface area (Å²) in [6.07, 6.45) is 15.9. The van der Waals surface area contributed by atoms with E-state index >= 15 is 0 Å². The zero-order valence-electron chi connectivity index (χ0n) is 20.1. The second-order valence-electron chi connectivity index (χ2n) is 8.94. The van der Waals surface area contributed by atoms with Crippen molar-refractivity contribution in [3.05, 3.63) is 57.7 Å². The van der Waals surface area contributed by atoms with Crippen molar-refractivity contribution < 1.29 is 14.4 Å². The fraction of sp³-hybridized carbons (Fsp3) is 0.667. The first-order valence-corrected chi connectivity index (χ1v) is 12.1. The third kappa shape index (κ3) is 8.34. The van der Waals surface area contributed by atoms with Gasteiger partial charge < -0.3 is 15.2 Å². The molecule has 0 amide bonds. The maximum atomic E-state index is 10.7. The predicted molar refractivity (Wildman–Crippen MR) is 127 cm³/mol. The molecule has 0 spiro atoms. The first kappa shape index (κ1) is 26.1. The SMILES string of the molecule is Cc1ncc(C(CN)OC2CCCC2)cn1.Cc1ncc(C(C[N+](=O)[O-])OC2CCCC2)cn1. The van der Waals surface area contributed by atoms with E-state index in [0.29, 0.717) is 24.0 Å². The van der Waals surface area contributed by atoms with Crippen molar-refractivity contribution in [2.45, 2.75) is 89.6 Å². The first-order valence-electron chi connectivity index (χ1n) is 12.1. The topological polar surface area (TPSA) is 139 Å². The number of aromatic nitrogens is 4. The Labute approximate surface area is 200 Å². The van der Waals surface area contributed by atoms with E-state index in [1.807, 2.05) is 19.3 Å². The van der Waals surface area contributed by atoms with Gasteiger partial charge in [0.05, 0.1) is 18.3 Å². The second kappa shape index (κ2) is 13.4. The summed E-state index contributed by atoms with van der Waals surface area (Å²) < 4.78 is 11.8. The molecule has 4 rings (SSSR count). The molecule has 2 aromatic heterocycles. The maximum Gasteiger partial charge on any atom is 0.233 e. The van der Waals surface area contributed by atoms with Gasteiger partial charge in [0.25, 0.3) is 0 Å². The first-order chi connectivity index (χ1) is 16.4. The second-order valence-corrected chi connectivity index (χ2v) is 8.94. The lowest BCUT2D eigenvalue weighted by atomic mass is 10.2. The van der Waals surface area contributed by atoms with Crippen molar-refractivity contribution in [2.75, 3.05) is 13.1 Å². The number of rotatable bonds is 9. The Morgan fingerprint density at radius 1 is 0.853 bits per heavy atom. The molecule has 34 heavy (non-hydrogen) atoms. The number of nitrogens with two attached hydrogens (primary N) is 1. The van der Waals surface area contributed by atoms with Gasteiger partial charge >= 0.3 is 0 Å². The minimum atomic E-state index is -0.538. The number of aryl methyl sites for hydroxylation is 2. The van der Waals surface area contributed by atoms with Crippen LogP contribution in [0, 0.1) is 24.0 Å².